The SMILES string of the molecule is CC(C)(CO)[C@@H](O)C(=O)NCCC(=O)O[C@@H]1[C@@H](O)[C@H](O)[C@@H](O)[C@H](O)[C@@H]1O.Cc1ncc(C[n+]2csc(CCO)c2C)c(N)n1.[Cl-]. The Balaban J connectivity index is 0.000000466. The minimum atomic E-state index is -1.82. The third-order valence-corrected chi connectivity index (χ3v) is 8.36. The molecule has 0 bridgehead atoms. The van der Waals surface area contributed by atoms with Crippen LogP contribution in [0.4, 0.5) is 5.82 Å². The summed E-state index contributed by atoms with van der Waals surface area (Å²) in [7, 11) is 0. The van der Waals surface area contributed by atoms with Crippen molar-refractivity contribution in [2.45, 2.75) is 89.8 Å². The molecule has 2 aromatic heterocycles. The van der Waals surface area contributed by atoms with E-state index in [2.05, 4.69) is 19.9 Å². The van der Waals surface area contributed by atoms with E-state index in [1.807, 2.05) is 19.4 Å². The summed E-state index contributed by atoms with van der Waals surface area (Å²) in [4.78, 5) is 33.1. The van der Waals surface area contributed by atoms with Gasteiger partial charge in [-0.2, -0.15) is 4.57 Å². The summed E-state index contributed by atoms with van der Waals surface area (Å²) >= 11 is 1.65. The number of rotatable bonds is 11. The smallest absolute Gasteiger partial charge is 0.308 e. The van der Waals surface area contributed by atoms with E-state index in [0.29, 0.717) is 24.6 Å². The van der Waals surface area contributed by atoms with E-state index in [0.717, 1.165) is 11.3 Å². The monoisotopic (exact) mass is 681 g/mol. The van der Waals surface area contributed by atoms with Gasteiger partial charge in [-0.15, -0.1) is 0 Å². The van der Waals surface area contributed by atoms with Gasteiger partial charge in [-0.25, -0.2) is 9.97 Å². The van der Waals surface area contributed by atoms with Crippen molar-refractivity contribution in [3.05, 3.63) is 33.7 Å². The number of aliphatic hydroxyl groups is 8. The van der Waals surface area contributed by atoms with E-state index in [-0.39, 0.29) is 32.0 Å². The Morgan fingerprint density at radius 3 is 2.20 bits per heavy atom. The Kier molecular flexibility index (Phi) is 16.1. The Morgan fingerprint density at radius 2 is 1.67 bits per heavy atom. The number of nitrogens with two attached hydrogens (primary N) is 1. The van der Waals surface area contributed by atoms with Gasteiger partial charge in [-0.05, 0) is 6.92 Å². The number of aryl methyl sites for hydroxylation is 1. The summed E-state index contributed by atoms with van der Waals surface area (Å²) in [5.74, 6) is -0.544. The Morgan fingerprint density at radius 1 is 1.09 bits per heavy atom. The van der Waals surface area contributed by atoms with Crippen LogP contribution < -0.4 is 28.0 Å². The Bertz CT molecular complexity index is 1240. The molecule has 0 radical (unpaired) electrons. The van der Waals surface area contributed by atoms with Gasteiger partial charge < -0.3 is 69.0 Å². The normalized spacial score (nSPS) is 23.6. The number of thiazole rings is 1. The summed E-state index contributed by atoms with van der Waals surface area (Å²) in [5, 5.41) is 78.2. The third kappa shape index (κ3) is 10.7. The van der Waals surface area contributed by atoms with Crippen LogP contribution in [-0.2, 0) is 27.3 Å². The van der Waals surface area contributed by atoms with Gasteiger partial charge in [-0.1, -0.05) is 25.2 Å². The van der Waals surface area contributed by atoms with Crippen molar-refractivity contribution < 1.29 is 72.2 Å². The minimum Gasteiger partial charge on any atom is -1.00 e. The van der Waals surface area contributed by atoms with Crippen LogP contribution in [0.1, 0.15) is 42.2 Å². The quantitative estimate of drug-likeness (QED) is 0.0780. The number of carbonyl (C=O) groups is 2. The highest BCUT2D eigenvalue weighted by Crippen LogP contribution is 2.24. The molecule has 256 valence electrons. The van der Waals surface area contributed by atoms with Crippen molar-refractivity contribution in [3.63, 3.8) is 0 Å². The number of esters is 1. The molecule has 18 heteroatoms. The summed E-state index contributed by atoms with van der Waals surface area (Å²) in [5.41, 5.74) is 8.93. The summed E-state index contributed by atoms with van der Waals surface area (Å²) in [6, 6.07) is 0. The number of hydrogen-bond acceptors (Lipinski definition) is 15. The molecular formula is C27H44ClN5O11S. The minimum absolute atomic E-state index is 0. The summed E-state index contributed by atoms with van der Waals surface area (Å²) in [6.45, 7) is 7.00. The van der Waals surface area contributed by atoms with Crippen LogP contribution in [0.5, 0.6) is 0 Å². The molecule has 7 atom stereocenters. The van der Waals surface area contributed by atoms with Gasteiger partial charge in [0.1, 0.15) is 48.3 Å². The van der Waals surface area contributed by atoms with E-state index < -0.39 is 66.6 Å². The molecule has 1 aliphatic rings. The molecule has 0 unspecified atom stereocenters. The molecule has 3 rings (SSSR count). The lowest BCUT2D eigenvalue weighted by molar-refractivity contribution is -0.689. The zero-order valence-corrected chi connectivity index (χ0v) is 27.0. The van der Waals surface area contributed by atoms with E-state index in [4.69, 9.17) is 20.7 Å². The number of aliphatic hydroxyl groups excluding tert-OH is 8. The summed E-state index contributed by atoms with van der Waals surface area (Å²) in [6.07, 6.45) is -10.1. The number of nitrogens with zero attached hydrogens (tertiary/aromatic N) is 3. The Hall–Kier alpha value is -2.58. The predicted molar refractivity (Wildman–Crippen MR) is 155 cm³/mol. The first-order valence-corrected chi connectivity index (χ1v) is 14.7. The van der Waals surface area contributed by atoms with Crippen molar-refractivity contribution in [3.8, 4) is 0 Å². The fraction of sp³-hybridized carbons (Fsp3) is 0.667. The van der Waals surface area contributed by atoms with E-state index >= 15 is 0 Å². The molecule has 1 fully saturated rings. The van der Waals surface area contributed by atoms with Crippen molar-refractivity contribution in [1.82, 2.24) is 15.3 Å². The topological polar surface area (TPSA) is 273 Å². The largest absolute Gasteiger partial charge is 1.00 e. The molecule has 2 heterocycles. The average Bonchev–Trinajstić information content (AvgIpc) is 3.32. The van der Waals surface area contributed by atoms with Crippen molar-refractivity contribution in [1.29, 1.82) is 0 Å². The van der Waals surface area contributed by atoms with Gasteiger partial charge in [0.05, 0.1) is 23.5 Å². The fourth-order valence-electron chi connectivity index (χ4n) is 4.14. The van der Waals surface area contributed by atoms with Crippen LogP contribution in [0, 0.1) is 19.3 Å². The van der Waals surface area contributed by atoms with Crippen LogP contribution in [-0.4, -0.2) is 125 Å². The molecule has 0 saturated heterocycles. The molecule has 0 spiro atoms. The number of aromatic nitrogens is 3. The van der Waals surface area contributed by atoms with Gasteiger partial charge in [0.2, 0.25) is 11.4 Å². The van der Waals surface area contributed by atoms with Gasteiger partial charge in [0, 0.05) is 38.1 Å². The zero-order chi connectivity index (χ0) is 33.4. The second kappa shape index (κ2) is 17.9. The molecule has 2 aromatic rings. The molecule has 16 nitrogen and oxygen atoms in total. The van der Waals surface area contributed by atoms with E-state index in [9.17, 15) is 40.2 Å². The maximum Gasteiger partial charge on any atom is 0.308 e. The maximum atomic E-state index is 11.8. The molecule has 11 N–H and O–H groups in total. The lowest BCUT2D eigenvalue weighted by atomic mass is 9.85. The summed E-state index contributed by atoms with van der Waals surface area (Å²) < 4.78 is 6.92. The molecule has 0 aromatic carbocycles. The van der Waals surface area contributed by atoms with Crippen molar-refractivity contribution in [2.75, 3.05) is 25.5 Å². The van der Waals surface area contributed by atoms with Crippen molar-refractivity contribution in [2.24, 2.45) is 5.41 Å². The molecule has 1 amide bonds. The Labute approximate surface area is 270 Å². The van der Waals surface area contributed by atoms with Crippen LogP contribution in [0.3, 0.4) is 0 Å². The lowest BCUT2D eigenvalue weighted by Gasteiger charge is -2.41. The molecule has 45 heavy (non-hydrogen) atoms. The number of hydrogen-bond donors (Lipinski definition) is 10. The highest BCUT2D eigenvalue weighted by molar-refractivity contribution is 7.09. The molecule has 0 aliphatic heterocycles. The lowest BCUT2D eigenvalue weighted by Crippen LogP contribution is -3.00. The molecular weight excluding hydrogens is 638 g/mol. The van der Waals surface area contributed by atoms with Gasteiger partial charge >= 0.3 is 5.97 Å². The average molecular weight is 682 g/mol. The number of anilines is 1. The first kappa shape index (κ1) is 40.4. The molecule has 1 saturated carbocycles. The second-order valence-corrected chi connectivity index (χ2v) is 12.1. The van der Waals surface area contributed by atoms with Gasteiger partial charge in [0.25, 0.3) is 0 Å². The van der Waals surface area contributed by atoms with Crippen molar-refractivity contribution >= 4 is 29.0 Å². The number of carbonyl (C=O) groups excluding carboxylic acids is 2. The number of ether oxygens (including phenoxy) is 1. The molecule has 1 aliphatic carbocycles. The third-order valence-electron chi connectivity index (χ3n) is 7.22. The van der Waals surface area contributed by atoms with Crippen LogP contribution >= 0.6 is 11.3 Å². The number of nitrogen functional groups attached to an aromatic ring is 1. The standard InChI is InChI=1S/C15H27NO10.C12H17N4OS.ClH/c1-15(2,5-17)13(24)14(25)16-4-3-6(18)26-12-10(22)8(20)7(19)9(21)11(12)23;1-8-11(3-4-17)18-7-16(8)6-10-5-14-9(2)15-12(10)13;/h7-13,17,19-24H,3-5H2,1-2H3,(H,16,25);5,7,17H,3-4,6H2,1-2H3,(H2,13,14,15);1H/q;+1;/p-1/t7-,8-,9+,10-,11-,12-,13-;;/m0../s1. The zero-order valence-electron chi connectivity index (χ0n) is 25.4. The first-order valence-electron chi connectivity index (χ1n) is 13.9. The van der Waals surface area contributed by atoms with Crippen LogP contribution in [0.15, 0.2) is 11.7 Å². The highest BCUT2D eigenvalue weighted by Gasteiger charge is 2.50. The maximum absolute atomic E-state index is 11.8. The number of amides is 1. The van der Waals surface area contributed by atoms with E-state index in [1.54, 1.807) is 17.5 Å². The van der Waals surface area contributed by atoms with Gasteiger partial charge in [-0.3, -0.25) is 9.59 Å². The van der Waals surface area contributed by atoms with Crippen LogP contribution in [0.25, 0.3) is 0 Å². The number of nitrogens with one attached hydrogen (secondary N) is 1. The number of halogens is 1. The highest BCUT2D eigenvalue weighted by atomic mass is 35.5. The van der Waals surface area contributed by atoms with Crippen LogP contribution in [0.2, 0.25) is 0 Å². The predicted octanol–water partition coefficient (Wildman–Crippen LogP) is -6.79. The van der Waals surface area contributed by atoms with Gasteiger partial charge in [0.15, 0.2) is 18.3 Å². The van der Waals surface area contributed by atoms with E-state index in [1.165, 1.54) is 18.7 Å². The second-order valence-electron chi connectivity index (χ2n) is 11.2. The first-order chi connectivity index (χ1) is 20.5. The fourth-order valence-corrected chi connectivity index (χ4v) is 5.12.